The highest BCUT2D eigenvalue weighted by Crippen LogP contribution is 2.38. The van der Waals surface area contributed by atoms with E-state index in [4.69, 9.17) is 28.4 Å². The molecule has 5 amide bonds. The third-order valence-corrected chi connectivity index (χ3v) is 15.4. The van der Waals surface area contributed by atoms with E-state index >= 15 is 0 Å². The lowest BCUT2D eigenvalue weighted by molar-refractivity contribution is -0.144. The molecule has 0 aliphatic carbocycles. The third-order valence-electron chi connectivity index (χ3n) is 12.1. The number of nitrogens with zero attached hydrogens (tertiary/aromatic N) is 3. The molecule has 77 heavy (non-hydrogen) atoms. The molecule has 21 nitrogen and oxygen atoms in total. The molecular weight excluding hydrogens is 1050 g/mol. The van der Waals surface area contributed by atoms with E-state index in [1.54, 1.807) is 82.8 Å². The number of nitrogens with one attached hydrogen (secondary N) is 5. The number of fused-ring (bicyclic) bond motifs is 2. The summed E-state index contributed by atoms with van der Waals surface area (Å²) in [4.78, 5) is 75.8. The molecule has 6 rings (SSSR count). The first-order chi connectivity index (χ1) is 36.5. The number of carbonyl (C=O) groups is 5. The maximum Gasteiger partial charge on any atom is 0.407 e. The number of anilines is 3. The Kier molecular flexibility index (Phi) is 20.6. The molecule has 2 aromatic heterocycles. The van der Waals surface area contributed by atoms with E-state index in [1.165, 1.54) is 14.0 Å². The predicted octanol–water partition coefficient (Wildman–Crippen LogP) is 5.88. The summed E-state index contributed by atoms with van der Waals surface area (Å²) in [5.41, 5.74) is 2.95. The number of hydrogen-bond donors (Lipinski definition) is 5. The van der Waals surface area contributed by atoms with Crippen LogP contribution in [-0.4, -0.2) is 155 Å². The highest BCUT2D eigenvalue weighted by Gasteiger charge is 2.46. The SMILES string of the molecule is CNC(=O)O[C@@H](C)C(=O)N[C@H](C(=O)N1C[C@@H](NC(=O)COCCOCCOCCOCCOc2cc3nccc(Nc4ccc5scnc5c4)c3cc2S(=O)(=O)C(C)(C)C)C[C@H]1C(=O)Nc1c(F)cccc1F)C(C)(C)C. The van der Waals surface area contributed by atoms with Gasteiger partial charge in [0.2, 0.25) is 17.7 Å². The predicted molar refractivity (Wildman–Crippen MR) is 284 cm³/mol. The zero-order valence-corrected chi connectivity index (χ0v) is 45.8. The van der Waals surface area contributed by atoms with Crippen LogP contribution >= 0.6 is 11.3 Å². The Morgan fingerprint density at radius 1 is 0.831 bits per heavy atom. The largest absolute Gasteiger partial charge is 0.490 e. The van der Waals surface area contributed by atoms with Crippen molar-refractivity contribution in [1.29, 1.82) is 0 Å². The fourth-order valence-electron chi connectivity index (χ4n) is 7.91. The van der Waals surface area contributed by atoms with Gasteiger partial charge in [-0.1, -0.05) is 26.8 Å². The number of benzene rings is 3. The smallest absolute Gasteiger partial charge is 0.407 e. The zero-order chi connectivity index (χ0) is 56.1. The fraction of sp³-hybridized carbons (Fsp3) is 0.481. The van der Waals surface area contributed by atoms with Crippen molar-refractivity contribution in [3.8, 4) is 5.75 Å². The molecule has 5 N–H and O–H groups in total. The van der Waals surface area contributed by atoms with Crippen LogP contribution in [0.2, 0.25) is 0 Å². The van der Waals surface area contributed by atoms with E-state index < -0.39 is 97.9 Å². The quantitative estimate of drug-likeness (QED) is 0.0427. The van der Waals surface area contributed by atoms with E-state index in [0.717, 1.165) is 39.0 Å². The first kappa shape index (κ1) is 59.6. The third kappa shape index (κ3) is 16.0. The van der Waals surface area contributed by atoms with Crippen molar-refractivity contribution in [3.05, 3.63) is 77.9 Å². The van der Waals surface area contributed by atoms with Crippen molar-refractivity contribution < 1.29 is 69.6 Å². The Hall–Kier alpha value is -6.64. The van der Waals surface area contributed by atoms with Gasteiger partial charge in [0.05, 0.1) is 72.2 Å². The van der Waals surface area contributed by atoms with Crippen LogP contribution in [0.3, 0.4) is 0 Å². The number of likely N-dealkylation sites (tertiary alicyclic amines) is 1. The first-order valence-electron chi connectivity index (χ1n) is 24.7. The maximum atomic E-state index is 14.6. The summed E-state index contributed by atoms with van der Waals surface area (Å²) in [7, 11) is -2.55. The summed E-state index contributed by atoms with van der Waals surface area (Å²) in [6, 6.07) is 10.5. The van der Waals surface area contributed by atoms with Gasteiger partial charge < -0.3 is 59.9 Å². The maximum absolute atomic E-state index is 14.6. The lowest BCUT2D eigenvalue weighted by atomic mass is 9.85. The van der Waals surface area contributed by atoms with Crippen molar-refractivity contribution in [2.75, 3.05) is 83.7 Å². The number of para-hydroxylation sites is 1. The van der Waals surface area contributed by atoms with Gasteiger partial charge in [-0.05, 0) is 82.0 Å². The molecule has 1 fully saturated rings. The highest BCUT2D eigenvalue weighted by atomic mass is 32.2. The zero-order valence-electron chi connectivity index (χ0n) is 44.2. The molecule has 3 heterocycles. The lowest BCUT2D eigenvalue weighted by Gasteiger charge is -2.35. The molecule has 0 unspecified atom stereocenters. The number of thiazole rings is 1. The normalized spacial score (nSPS) is 15.7. The van der Waals surface area contributed by atoms with Crippen molar-refractivity contribution in [1.82, 2.24) is 30.8 Å². The van der Waals surface area contributed by atoms with E-state index in [0.29, 0.717) is 16.6 Å². The summed E-state index contributed by atoms with van der Waals surface area (Å²) in [6.07, 6.45) is -0.688. The van der Waals surface area contributed by atoms with Crippen LogP contribution in [0.1, 0.15) is 54.9 Å². The standard InChI is InChI=1S/C52H66F2N8O13S2/c1-31(75-50(67)55-8)47(64)61-46(51(2,3)4)49(66)62-28-33(25-40(62)48(65)60-45-35(53)10-9-11-36(45)54)59-44(63)29-73-21-20-71-17-16-70-18-19-72-22-23-74-41-27-38-34(26-43(41)77(68,69)52(5,6)7)37(14-15-56-38)58-32-12-13-42-39(24-32)57-30-76-42/h9-15,24,26-27,30-31,33,40,46H,16-23,25,28-29H2,1-8H3,(H,55,67)(H,56,58)(H,59,63)(H,60,65)(H,61,64)/t31-,33-,40-,46+/m0/s1. The summed E-state index contributed by atoms with van der Waals surface area (Å²) < 4.78 is 90.1. The lowest BCUT2D eigenvalue weighted by Crippen LogP contribution is -2.58. The average molecular weight is 1110 g/mol. The summed E-state index contributed by atoms with van der Waals surface area (Å²) >= 11 is 1.54. The van der Waals surface area contributed by atoms with Gasteiger partial charge in [0.25, 0.3) is 5.91 Å². The Morgan fingerprint density at radius 2 is 1.48 bits per heavy atom. The summed E-state index contributed by atoms with van der Waals surface area (Å²) in [5, 5.41) is 13.8. The second-order valence-corrected chi connectivity index (χ2v) is 23.4. The molecule has 1 aliphatic heterocycles. The molecule has 0 saturated carbocycles. The van der Waals surface area contributed by atoms with Gasteiger partial charge in [-0.3, -0.25) is 24.2 Å². The van der Waals surface area contributed by atoms with Crippen LogP contribution < -0.4 is 31.3 Å². The van der Waals surface area contributed by atoms with Crippen molar-refractivity contribution >= 4 is 89.1 Å². The van der Waals surface area contributed by atoms with E-state index in [9.17, 15) is 41.2 Å². The first-order valence-corrected chi connectivity index (χ1v) is 27.1. The molecule has 0 bridgehead atoms. The van der Waals surface area contributed by atoms with Crippen LogP contribution in [-0.2, 0) is 52.7 Å². The number of carbonyl (C=O) groups excluding carboxylic acids is 5. The minimum Gasteiger partial charge on any atom is -0.490 e. The number of hydrogen-bond acceptors (Lipinski definition) is 17. The summed E-state index contributed by atoms with van der Waals surface area (Å²) in [5.74, 6) is -4.96. The van der Waals surface area contributed by atoms with Crippen LogP contribution in [0, 0.1) is 17.0 Å². The van der Waals surface area contributed by atoms with Crippen LogP contribution in [0.5, 0.6) is 5.75 Å². The number of rotatable bonds is 25. The topological polar surface area (TPSA) is 264 Å². The molecular formula is C52H66F2N8O13S2. The van der Waals surface area contributed by atoms with Gasteiger partial charge in [-0.15, -0.1) is 11.3 Å². The van der Waals surface area contributed by atoms with E-state index in [2.05, 4.69) is 36.6 Å². The Balaban J connectivity index is 0.912. The van der Waals surface area contributed by atoms with Crippen LogP contribution in [0.4, 0.5) is 30.6 Å². The fourth-order valence-corrected chi connectivity index (χ4v) is 9.89. The Labute approximate surface area is 449 Å². The van der Waals surface area contributed by atoms with E-state index in [-0.39, 0.29) is 76.5 Å². The van der Waals surface area contributed by atoms with Gasteiger partial charge in [-0.2, -0.15) is 0 Å². The van der Waals surface area contributed by atoms with Crippen LogP contribution in [0.15, 0.2) is 71.2 Å². The van der Waals surface area contributed by atoms with Gasteiger partial charge in [0, 0.05) is 48.7 Å². The van der Waals surface area contributed by atoms with Gasteiger partial charge in [-0.25, -0.2) is 27.0 Å². The number of halogens is 2. The molecule has 0 spiro atoms. The van der Waals surface area contributed by atoms with Gasteiger partial charge >= 0.3 is 6.09 Å². The number of pyridine rings is 1. The molecule has 1 aliphatic rings. The molecule has 418 valence electrons. The van der Waals surface area contributed by atoms with Crippen LogP contribution in [0.25, 0.3) is 21.1 Å². The number of alkyl carbamates (subject to hydrolysis) is 1. The monoisotopic (exact) mass is 1110 g/mol. The molecule has 25 heteroatoms. The van der Waals surface area contributed by atoms with Crippen molar-refractivity contribution in [2.45, 2.75) is 88.8 Å². The average Bonchev–Trinajstić information content (AvgIpc) is 4.04. The number of aromatic nitrogens is 2. The minimum absolute atomic E-state index is 0.0344. The Bertz CT molecular complexity index is 2990. The van der Waals surface area contributed by atoms with Gasteiger partial charge in [0.1, 0.15) is 53.3 Å². The highest BCUT2D eigenvalue weighted by molar-refractivity contribution is 7.92. The molecule has 3 aromatic carbocycles. The van der Waals surface area contributed by atoms with Crippen molar-refractivity contribution in [2.24, 2.45) is 5.41 Å². The molecule has 0 radical (unpaired) electrons. The minimum atomic E-state index is -3.86. The summed E-state index contributed by atoms with van der Waals surface area (Å²) in [6.45, 7) is 11.8. The molecule has 1 saturated heterocycles. The number of ether oxygens (including phenoxy) is 6. The molecule has 5 aromatic rings. The Morgan fingerprint density at radius 3 is 2.12 bits per heavy atom. The second-order valence-electron chi connectivity index (χ2n) is 19.9. The number of amides is 5. The molecule has 4 atom stereocenters. The van der Waals surface area contributed by atoms with E-state index in [1.807, 2.05) is 18.2 Å². The van der Waals surface area contributed by atoms with Gasteiger partial charge in [0.15, 0.2) is 15.9 Å². The number of sulfone groups is 1. The second kappa shape index (κ2) is 26.6. The van der Waals surface area contributed by atoms with Crippen molar-refractivity contribution in [3.63, 3.8) is 0 Å².